The van der Waals surface area contributed by atoms with Crippen LogP contribution in [-0.2, 0) is 11.3 Å². The number of para-hydroxylation sites is 1. The minimum absolute atomic E-state index is 0.195. The third-order valence-electron chi connectivity index (χ3n) is 3.38. The van der Waals surface area contributed by atoms with Crippen molar-refractivity contribution in [1.82, 2.24) is 9.55 Å². The molecule has 8 heteroatoms. The Hall–Kier alpha value is -2.06. The minimum atomic E-state index is -1.07. The number of hydrogen-bond donors (Lipinski definition) is 3. The summed E-state index contributed by atoms with van der Waals surface area (Å²) in [5.74, 6) is -0.649. The number of carbonyl (C=O) groups is 1. The molecule has 0 bridgehead atoms. The predicted molar refractivity (Wildman–Crippen MR) is 86.4 cm³/mol. The van der Waals surface area contributed by atoms with E-state index in [1.807, 2.05) is 0 Å². The summed E-state index contributed by atoms with van der Waals surface area (Å²) in [5.41, 5.74) is 5.19. The quantitative estimate of drug-likeness (QED) is 0.700. The second-order valence-electron chi connectivity index (χ2n) is 4.87. The summed E-state index contributed by atoms with van der Waals surface area (Å²) < 4.78 is 1.12. The van der Waals surface area contributed by atoms with Crippen molar-refractivity contribution < 1.29 is 9.90 Å². The third-order valence-corrected chi connectivity index (χ3v) is 4.61. The zero-order chi connectivity index (χ0) is 16.3. The van der Waals surface area contributed by atoms with E-state index < -0.39 is 17.7 Å². The van der Waals surface area contributed by atoms with Gasteiger partial charge in [0.1, 0.15) is 6.04 Å². The monoisotopic (exact) mass is 323 g/mol. The summed E-state index contributed by atoms with van der Waals surface area (Å²) in [6.45, 7) is 1.90. The van der Waals surface area contributed by atoms with E-state index in [4.69, 9.17) is 10.8 Å². The largest absolute Gasteiger partial charge is 0.480 e. The van der Waals surface area contributed by atoms with E-state index in [0.717, 1.165) is 4.57 Å². The van der Waals surface area contributed by atoms with Gasteiger partial charge < -0.3 is 15.8 Å². The van der Waals surface area contributed by atoms with Gasteiger partial charge in [0, 0.05) is 17.5 Å². The molecule has 0 radical (unpaired) electrons. The summed E-state index contributed by atoms with van der Waals surface area (Å²) in [6, 6.07) is 5.82. The van der Waals surface area contributed by atoms with Gasteiger partial charge in [-0.3, -0.25) is 14.2 Å². The summed E-state index contributed by atoms with van der Waals surface area (Å²) in [7, 11) is 0. The van der Waals surface area contributed by atoms with Crippen LogP contribution in [0.25, 0.3) is 10.9 Å². The molecule has 2 atom stereocenters. The Balaban J connectivity index is 2.14. The van der Waals surface area contributed by atoms with Gasteiger partial charge >= 0.3 is 11.7 Å². The van der Waals surface area contributed by atoms with Crippen LogP contribution in [0.1, 0.15) is 6.92 Å². The molecule has 1 aromatic carbocycles. The predicted octanol–water partition coefficient (Wildman–Crippen LogP) is 0.223. The summed E-state index contributed by atoms with van der Waals surface area (Å²) in [5, 5.41) is 8.96. The van der Waals surface area contributed by atoms with Crippen LogP contribution in [0.15, 0.2) is 33.9 Å². The first-order valence-electron chi connectivity index (χ1n) is 6.73. The van der Waals surface area contributed by atoms with Crippen LogP contribution in [0.4, 0.5) is 0 Å². The van der Waals surface area contributed by atoms with Crippen LogP contribution < -0.4 is 17.0 Å². The maximum atomic E-state index is 12.3. The summed E-state index contributed by atoms with van der Waals surface area (Å²) in [4.78, 5) is 37.7. The number of hydrogen-bond acceptors (Lipinski definition) is 5. The Morgan fingerprint density at radius 2 is 2.09 bits per heavy atom. The fourth-order valence-corrected chi connectivity index (χ4v) is 3.02. The molecule has 2 aromatic rings. The van der Waals surface area contributed by atoms with Crippen LogP contribution in [0, 0.1) is 0 Å². The Morgan fingerprint density at radius 3 is 2.77 bits per heavy atom. The molecule has 118 valence electrons. The molecule has 1 aromatic heterocycles. The van der Waals surface area contributed by atoms with Gasteiger partial charge in [0.15, 0.2) is 0 Å². The number of carboxylic acids is 1. The van der Waals surface area contributed by atoms with Gasteiger partial charge in [-0.15, -0.1) is 0 Å². The van der Waals surface area contributed by atoms with E-state index in [0.29, 0.717) is 16.7 Å². The average Bonchev–Trinajstić information content (AvgIpc) is 2.49. The van der Waals surface area contributed by atoms with Crippen LogP contribution in [0.2, 0.25) is 0 Å². The zero-order valence-electron chi connectivity index (χ0n) is 12.0. The molecule has 2 rings (SSSR count). The number of aliphatic carboxylic acids is 1. The fourth-order valence-electron chi connectivity index (χ4n) is 2.04. The molecule has 0 aliphatic rings. The fraction of sp³-hybridized carbons (Fsp3) is 0.357. The number of nitrogens with zero attached hydrogens (tertiary/aromatic N) is 1. The van der Waals surface area contributed by atoms with Gasteiger partial charge in [0.05, 0.1) is 10.9 Å². The summed E-state index contributed by atoms with van der Waals surface area (Å²) >= 11 is 1.31. The molecular weight excluding hydrogens is 306 g/mol. The van der Waals surface area contributed by atoms with Crippen LogP contribution >= 0.6 is 11.8 Å². The Labute approximate surface area is 130 Å². The highest BCUT2D eigenvalue weighted by molar-refractivity contribution is 7.99. The van der Waals surface area contributed by atoms with E-state index in [-0.39, 0.29) is 17.4 Å². The molecule has 0 saturated carbocycles. The van der Waals surface area contributed by atoms with Crippen LogP contribution in [-0.4, -0.2) is 37.7 Å². The van der Waals surface area contributed by atoms with Crippen molar-refractivity contribution in [2.75, 3.05) is 5.75 Å². The van der Waals surface area contributed by atoms with Crippen molar-refractivity contribution in [1.29, 1.82) is 0 Å². The van der Waals surface area contributed by atoms with Crippen molar-refractivity contribution in [3.05, 3.63) is 45.1 Å². The topological polar surface area (TPSA) is 118 Å². The Morgan fingerprint density at radius 1 is 1.41 bits per heavy atom. The van der Waals surface area contributed by atoms with Crippen molar-refractivity contribution >= 4 is 28.6 Å². The number of nitrogens with two attached hydrogens (primary N) is 1. The second-order valence-corrected chi connectivity index (χ2v) is 6.36. The van der Waals surface area contributed by atoms with Crippen LogP contribution in [0.5, 0.6) is 0 Å². The van der Waals surface area contributed by atoms with Gasteiger partial charge in [-0.05, 0) is 12.1 Å². The van der Waals surface area contributed by atoms with E-state index in [1.165, 1.54) is 11.8 Å². The number of fused-ring (bicyclic) bond motifs is 1. The third kappa shape index (κ3) is 3.40. The minimum Gasteiger partial charge on any atom is -0.480 e. The summed E-state index contributed by atoms with van der Waals surface area (Å²) in [6.07, 6.45) is 0. The molecule has 7 nitrogen and oxygen atoms in total. The number of carboxylic acid groups (broad SMARTS) is 1. The standard InChI is InChI=1S/C14H17N3O4S/c1-8(11(15)13(19)20)22-7-6-17-12(18)9-4-2-3-5-10(9)16-14(17)21/h2-5,8,11H,6-7,15H2,1H3,(H,16,21)(H,19,20)/t8-,11?/m1/s1. The maximum Gasteiger partial charge on any atom is 0.328 e. The lowest BCUT2D eigenvalue weighted by molar-refractivity contribution is -0.138. The molecule has 1 heterocycles. The van der Waals surface area contributed by atoms with E-state index in [2.05, 4.69) is 4.98 Å². The number of aromatic amines is 1. The molecule has 0 saturated heterocycles. The molecule has 0 amide bonds. The van der Waals surface area contributed by atoms with Crippen molar-refractivity contribution in [3.8, 4) is 0 Å². The zero-order valence-corrected chi connectivity index (χ0v) is 12.8. The highest BCUT2D eigenvalue weighted by Gasteiger charge is 2.20. The Kier molecular flexibility index (Phi) is 5.04. The second kappa shape index (κ2) is 6.80. The van der Waals surface area contributed by atoms with Gasteiger partial charge in [0.25, 0.3) is 5.56 Å². The maximum absolute atomic E-state index is 12.3. The number of H-pyrrole nitrogens is 1. The molecule has 0 aliphatic carbocycles. The molecular formula is C14H17N3O4S. The number of thioether (sulfide) groups is 1. The van der Waals surface area contributed by atoms with E-state index >= 15 is 0 Å². The first kappa shape index (κ1) is 16.3. The highest BCUT2D eigenvalue weighted by Crippen LogP contribution is 2.13. The number of rotatable bonds is 6. The first-order valence-corrected chi connectivity index (χ1v) is 7.78. The van der Waals surface area contributed by atoms with E-state index in [1.54, 1.807) is 31.2 Å². The van der Waals surface area contributed by atoms with Crippen molar-refractivity contribution in [3.63, 3.8) is 0 Å². The molecule has 0 spiro atoms. The van der Waals surface area contributed by atoms with Gasteiger partial charge in [-0.2, -0.15) is 11.8 Å². The SMILES string of the molecule is C[C@@H](SCCn1c(=O)[nH]c2ccccc2c1=O)C(N)C(=O)O. The molecule has 0 aliphatic heterocycles. The van der Waals surface area contributed by atoms with Crippen LogP contribution in [0.3, 0.4) is 0 Å². The van der Waals surface area contributed by atoms with Gasteiger partial charge in [0.2, 0.25) is 0 Å². The van der Waals surface area contributed by atoms with Gasteiger partial charge in [-0.25, -0.2) is 4.79 Å². The molecule has 22 heavy (non-hydrogen) atoms. The number of nitrogens with one attached hydrogen (secondary N) is 1. The average molecular weight is 323 g/mol. The van der Waals surface area contributed by atoms with E-state index in [9.17, 15) is 14.4 Å². The number of aromatic nitrogens is 2. The smallest absolute Gasteiger partial charge is 0.328 e. The Bertz CT molecular complexity index is 799. The first-order chi connectivity index (χ1) is 10.4. The van der Waals surface area contributed by atoms with Crippen molar-refractivity contribution in [2.24, 2.45) is 5.73 Å². The molecule has 1 unspecified atom stereocenters. The normalized spacial score (nSPS) is 13.9. The number of benzene rings is 1. The lowest BCUT2D eigenvalue weighted by Crippen LogP contribution is -2.39. The lowest BCUT2D eigenvalue weighted by Gasteiger charge is -2.15. The van der Waals surface area contributed by atoms with Gasteiger partial charge in [-0.1, -0.05) is 19.1 Å². The highest BCUT2D eigenvalue weighted by atomic mass is 32.2. The molecule has 0 fully saturated rings. The lowest BCUT2D eigenvalue weighted by atomic mass is 10.2. The molecule has 4 N–H and O–H groups in total. The van der Waals surface area contributed by atoms with Crippen molar-refractivity contribution in [2.45, 2.75) is 24.8 Å².